The zero-order valence-electron chi connectivity index (χ0n) is 10.2. The van der Waals surface area contributed by atoms with Crippen molar-refractivity contribution in [1.29, 1.82) is 0 Å². The lowest BCUT2D eigenvalue weighted by molar-refractivity contribution is 0.282. The highest BCUT2D eigenvalue weighted by atomic mass is 16.2. The van der Waals surface area contributed by atoms with Gasteiger partial charge < -0.3 is 10.8 Å². The first-order chi connectivity index (χ1) is 7.54. The maximum Gasteiger partial charge on any atom is 0.102 e. The minimum Gasteiger partial charge on any atom is -0.396 e. The monoisotopic (exact) mass is 226 g/mol. The Morgan fingerprint density at radius 3 is 2.56 bits per heavy atom. The second-order valence-corrected chi connectivity index (χ2v) is 4.73. The van der Waals surface area contributed by atoms with Crippen LogP contribution in [-0.2, 0) is 12.1 Å². The van der Waals surface area contributed by atoms with Crippen molar-refractivity contribution in [3.63, 3.8) is 0 Å². The largest absolute Gasteiger partial charge is 0.396 e. The zero-order chi connectivity index (χ0) is 12.0. The Labute approximate surface area is 96.6 Å². The van der Waals surface area contributed by atoms with E-state index in [0.717, 1.165) is 37.9 Å². The lowest BCUT2D eigenvalue weighted by atomic mass is 10.0. The Morgan fingerprint density at radius 1 is 1.31 bits per heavy atom. The molecule has 92 valence electrons. The van der Waals surface area contributed by atoms with Gasteiger partial charge in [-0.2, -0.15) is 0 Å². The van der Waals surface area contributed by atoms with E-state index < -0.39 is 5.54 Å². The minimum absolute atomic E-state index is 0.287. The van der Waals surface area contributed by atoms with E-state index in [9.17, 15) is 0 Å². The van der Waals surface area contributed by atoms with Crippen molar-refractivity contribution in [3.05, 3.63) is 11.9 Å². The summed E-state index contributed by atoms with van der Waals surface area (Å²) in [6.07, 6.45) is 6.04. The van der Waals surface area contributed by atoms with Crippen LogP contribution in [0.25, 0.3) is 0 Å². The molecule has 0 unspecified atom stereocenters. The van der Waals surface area contributed by atoms with Gasteiger partial charge in [0.2, 0.25) is 0 Å². The van der Waals surface area contributed by atoms with Crippen LogP contribution in [0.5, 0.6) is 0 Å². The van der Waals surface area contributed by atoms with Gasteiger partial charge in [0.15, 0.2) is 0 Å². The molecule has 0 radical (unpaired) electrons. The van der Waals surface area contributed by atoms with E-state index in [0.29, 0.717) is 0 Å². The lowest BCUT2D eigenvalue weighted by Gasteiger charge is -2.13. The maximum atomic E-state index is 8.63. The van der Waals surface area contributed by atoms with Crippen LogP contribution < -0.4 is 5.73 Å². The van der Waals surface area contributed by atoms with Crippen LogP contribution in [0.4, 0.5) is 0 Å². The van der Waals surface area contributed by atoms with Gasteiger partial charge in [0.05, 0.1) is 11.7 Å². The molecule has 0 atom stereocenters. The van der Waals surface area contributed by atoms with E-state index in [-0.39, 0.29) is 6.61 Å². The fraction of sp³-hybridized carbons (Fsp3) is 0.818. The van der Waals surface area contributed by atoms with E-state index in [1.54, 1.807) is 0 Å². The second-order valence-electron chi connectivity index (χ2n) is 4.73. The molecule has 0 aliphatic carbocycles. The Bertz CT molecular complexity index is 303. The zero-order valence-corrected chi connectivity index (χ0v) is 10.2. The highest BCUT2D eigenvalue weighted by Gasteiger charge is 2.17. The van der Waals surface area contributed by atoms with Crippen molar-refractivity contribution in [2.45, 2.75) is 51.6 Å². The van der Waals surface area contributed by atoms with Gasteiger partial charge in [0.1, 0.15) is 5.69 Å². The van der Waals surface area contributed by atoms with Gasteiger partial charge >= 0.3 is 0 Å². The molecule has 0 saturated heterocycles. The number of aliphatic hydroxyl groups is 1. The number of aromatic nitrogens is 3. The summed E-state index contributed by atoms with van der Waals surface area (Å²) < 4.78 is 1.84. The van der Waals surface area contributed by atoms with Crippen LogP contribution in [0, 0.1) is 0 Å². The van der Waals surface area contributed by atoms with Crippen LogP contribution >= 0.6 is 0 Å². The third-order valence-corrected chi connectivity index (χ3v) is 2.49. The minimum atomic E-state index is -0.421. The van der Waals surface area contributed by atoms with Crippen molar-refractivity contribution in [1.82, 2.24) is 15.0 Å². The van der Waals surface area contributed by atoms with Crippen molar-refractivity contribution < 1.29 is 5.11 Å². The molecular formula is C11H22N4O. The van der Waals surface area contributed by atoms with Crippen molar-refractivity contribution in [2.75, 3.05) is 6.61 Å². The molecule has 16 heavy (non-hydrogen) atoms. The fourth-order valence-electron chi connectivity index (χ4n) is 1.44. The molecule has 0 bridgehead atoms. The Morgan fingerprint density at radius 2 is 2.00 bits per heavy atom. The molecular weight excluding hydrogens is 204 g/mol. The second kappa shape index (κ2) is 5.96. The SMILES string of the molecule is CC(C)(N)c1cn(CCCCCCO)nn1. The quantitative estimate of drug-likeness (QED) is 0.681. The van der Waals surface area contributed by atoms with E-state index >= 15 is 0 Å². The third kappa shape index (κ3) is 4.28. The molecule has 1 heterocycles. The van der Waals surface area contributed by atoms with Crippen LogP contribution in [0.1, 0.15) is 45.2 Å². The van der Waals surface area contributed by atoms with Gasteiger partial charge in [0, 0.05) is 13.2 Å². The molecule has 1 aromatic heterocycles. The van der Waals surface area contributed by atoms with E-state index in [4.69, 9.17) is 10.8 Å². The molecule has 0 amide bonds. The molecule has 5 nitrogen and oxygen atoms in total. The van der Waals surface area contributed by atoms with Gasteiger partial charge in [-0.05, 0) is 26.7 Å². The number of aryl methyl sites for hydroxylation is 1. The van der Waals surface area contributed by atoms with Crippen molar-refractivity contribution >= 4 is 0 Å². The summed E-state index contributed by atoms with van der Waals surface area (Å²) in [6.45, 7) is 4.99. The van der Waals surface area contributed by atoms with Crippen LogP contribution in [0.15, 0.2) is 6.20 Å². The first-order valence-corrected chi connectivity index (χ1v) is 5.84. The first-order valence-electron chi connectivity index (χ1n) is 5.84. The molecule has 1 aromatic rings. The summed E-state index contributed by atoms with van der Waals surface area (Å²) in [4.78, 5) is 0. The normalized spacial score (nSPS) is 12.0. The number of unbranched alkanes of at least 4 members (excludes halogenated alkanes) is 3. The topological polar surface area (TPSA) is 77.0 Å². The molecule has 0 aliphatic heterocycles. The molecule has 0 spiro atoms. The summed E-state index contributed by atoms with van der Waals surface area (Å²) in [7, 11) is 0. The maximum absolute atomic E-state index is 8.63. The Balaban J connectivity index is 2.30. The summed E-state index contributed by atoms with van der Waals surface area (Å²) in [5.41, 5.74) is 6.32. The van der Waals surface area contributed by atoms with Crippen molar-refractivity contribution in [2.24, 2.45) is 5.73 Å². The number of nitrogens with two attached hydrogens (primary N) is 1. The molecule has 0 fully saturated rings. The summed E-state index contributed by atoms with van der Waals surface area (Å²) in [5, 5.41) is 16.7. The third-order valence-electron chi connectivity index (χ3n) is 2.49. The predicted octanol–water partition coefficient (Wildman–Crippen LogP) is 1.02. The molecule has 0 saturated carbocycles. The van der Waals surface area contributed by atoms with Gasteiger partial charge in [0.25, 0.3) is 0 Å². The molecule has 1 rings (SSSR count). The number of nitrogens with zero attached hydrogens (tertiary/aromatic N) is 3. The molecule has 5 heteroatoms. The van der Waals surface area contributed by atoms with Crippen LogP contribution in [0.2, 0.25) is 0 Å². The molecule has 3 N–H and O–H groups in total. The van der Waals surface area contributed by atoms with E-state index in [1.807, 2.05) is 24.7 Å². The lowest BCUT2D eigenvalue weighted by Crippen LogP contribution is -2.29. The smallest absolute Gasteiger partial charge is 0.102 e. The molecule has 0 aromatic carbocycles. The number of hydrogen-bond donors (Lipinski definition) is 2. The number of hydrogen-bond acceptors (Lipinski definition) is 4. The van der Waals surface area contributed by atoms with Crippen LogP contribution in [0.3, 0.4) is 0 Å². The van der Waals surface area contributed by atoms with Crippen LogP contribution in [-0.4, -0.2) is 26.7 Å². The Hall–Kier alpha value is -0.940. The summed E-state index contributed by atoms with van der Waals surface area (Å²) >= 11 is 0. The highest BCUT2D eigenvalue weighted by Crippen LogP contribution is 2.12. The predicted molar refractivity (Wildman–Crippen MR) is 62.8 cm³/mol. The van der Waals surface area contributed by atoms with Gasteiger partial charge in [-0.1, -0.05) is 18.1 Å². The molecule has 0 aliphatic rings. The number of aliphatic hydroxyl groups excluding tert-OH is 1. The average Bonchev–Trinajstić information content (AvgIpc) is 2.65. The summed E-state index contributed by atoms with van der Waals surface area (Å²) in [5.74, 6) is 0. The van der Waals surface area contributed by atoms with E-state index in [1.165, 1.54) is 0 Å². The highest BCUT2D eigenvalue weighted by molar-refractivity contribution is 5.05. The Kier molecular flexibility index (Phi) is 4.89. The van der Waals surface area contributed by atoms with Gasteiger partial charge in [-0.25, -0.2) is 0 Å². The number of rotatable bonds is 7. The van der Waals surface area contributed by atoms with E-state index in [2.05, 4.69) is 10.3 Å². The summed E-state index contributed by atoms with van der Waals surface area (Å²) in [6, 6.07) is 0. The van der Waals surface area contributed by atoms with Gasteiger partial charge in [-0.15, -0.1) is 5.10 Å². The first kappa shape index (κ1) is 13.1. The standard InChI is InChI=1S/C11H22N4O/c1-11(2,12)10-9-15(14-13-10)7-5-3-4-6-8-16/h9,16H,3-8,12H2,1-2H3. The fourth-order valence-corrected chi connectivity index (χ4v) is 1.44. The van der Waals surface area contributed by atoms with Gasteiger partial charge in [-0.3, -0.25) is 4.68 Å². The average molecular weight is 226 g/mol. The van der Waals surface area contributed by atoms with Crippen molar-refractivity contribution in [3.8, 4) is 0 Å².